The molecule has 0 saturated carbocycles. The zero-order valence-corrected chi connectivity index (χ0v) is 22.2. The van der Waals surface area contributed by atoms with Gasteiger partial charge in [0, 0.05) is 19.0 Å². The third-order valence-electron chi connectivity index (χ3n) is 5.44. The number of para-hydroxylation sites is 1. The number of aliphatic carboxylic acids is 1. The van der Waals surface area contributed by atoms with Gasteiger partial charge in [-0.1, -0.05) is 58.1 Å². The second-order valence-electron chi connectivity index (χ2n) is 7.88. The lowest BCUT2D eigenvalue weighted by Gasteiger charge is -2.09. The number of terminal acetylenes is 1. The van der Waals surface area contributed by atoms with Crippen LogP contribution < -0.4 is 15.3 Å². The molecule has 3 heterocycles. The number of ether oxygens (including phenoxy) is 1. The highest BCUT2D eigenvalue weighted by molar-refractivity contribution is 7.16. The second kappa shape index (κ2) is 11.4. The summed E-state index contributed by atoms with van der Waals surface area (Å²) >= 11 is 19.2. The molecule has 0 amide bonds. The van der Waals surface area contributed by atoms with Gasteiger partial charge in [0.25, 0.3) is 0 Å². The monoisotopic (exact) mass is 580 g/mol. The first kappa shape index (κ1) is 26.8. The van der Waals surface area contributed by atoms with Crippen LogP contribution in [0.5, 0.6) is 5.75 Å². The number of nitrogens with zero attached hydrogens (tertiary/aromatic N) is 4. The molecule has 37 heavy (non-hydrogen) atoms. The molecular weight excluding hydrogens is 563 g/mol. The van der Waals surface area contributed by atoms with Crippen LogP contribution in [0.4, 0.5) is 0 Å². The van der Waals surface area contributed by atoms with Gasteiger partial charge in [-0.3, -0.25) is 18.7 Å². The highest BCUT2D eigenvalue weighted by Gasteiger charge is 2.20. The fourth-order valence-corrected chi connectivity index (χ4v) is 5.59. The van der Waals surface area contributed by atoms with Crippen LogP contribution >= 0.6 is 46.1 Å². The van der Waals surface area contributed by atoms with Crippen molar-refractivity contribution in [3.63, 3.8) is 0 Å². The Hall–Kier alpha value is -3.23. The van der Waals surface area contributed by atoms with Gasteiger partial charge in [0.1, 0.15) is 24.7 Å². The normalized spacial score (nSPS) is 12.4. The quantitative estimate of drug-likeness (QED) is 0.348. The van der Waals surface area contributed by atoms with E-state index in [1.54, 1.807) is 28.8 Å². The molecule has 0 spiro atoms. The van der Waals surface area contributed by atoms with Gasteiger partial charge in [-0.15, -0.1) is 11.5 Å². The number of hydrogen-bond acceptors (Lipinski definition) is 6. The number of fused-ring (bicyclic) bond motifs is 2. The van der Waals surface area contributed by atoms with Crippen LogP contribution in [0.15, 0.2) is 39.9 Å². The van der Waals surface area contributed by atoms with E-state index in [4.69, 9.17) is 51.1 Å². The molecule has 0 fully saturated rings. The van der Waals surface area contributed by atoms with Crippen molar-refractivity contribution in [2.45, 2.75) is 32.4 Å². The van der Waals surface area contributed by atoms with Gasteiger partial charge in [-0.2, -0.15) is 4.68 Å². The van der Waals surface area contributed by atoms with Crippen molar-refractivity contribution >= 4 is 62.3 Å². The topological polar surface area (TPSA) is 108 Å². The van der Waals surface area contributed by atoms with E-state index in [0.717, 1.165) is 36.4 Å². The number of aryl methyl sites for hydroxylation is 1. The van der Waals surface area contributed by atoms with Crippen molar-refractivity contribution < 1.29 is 14.6 Å². The van der Waals surface area contributed by atoms with E-state index in [2.05, 4.69) is 11.0 Å². The summed E-state index contributed by atoms with van der Waals surface area (Å²) < 4.78 is 10.2. The maximum absolute atomic E-state index is 12.5. The molecule has 192 valence electrons. The number of benzene rings is 2. The van der Waals surface area contributed by atoms with Crippen LogP contribution in [-0.2, 0) is 24.3 Å². The lowest BCUT2D eigenvalue weighted by molar-refractivity contribution is -0.137. The van der Waals surface area contributed by atoms with E-state index >= 15 is 0 Å². The van der Waals surface area contributed by atoms with Gasteiger partial charge in [0.2, 0.25) is 0 Å². The first-order chi connectivity index (χ1) is 17.7. The fraction of sp³-hybridized carbons (Fsp3) is 0.250. The van der Waals surface area contributed by atoms with Crippen molar-refractivity contribution in [1.82, 2.24) is 18.9 Å². The molecule has 2 aromatic carbocycles. The molecule has 4 aromatic rings. The highest BCUT2D eigenvalue weighted by atomic mass is 35.5. The largest absolute Gasteiger partial charge is 0.480 e. The lowest BCUT2D eigenvalue weighted by Crippen LogP contribution is -2.26. The second-order valence-corrected chi connectivity index (χ2v) is 10.1. The Bertz CT molecular complexity index is 1650. The molecule has 0 aliphatic carbocycles. The minimum absolute atomic E-state index is 0.0788. The van der Waals surface area contributed by atoms with Crippen molar-refractivity contribution in [1.29, 1.82) is 0 Å². The molecule has 0 radical (unpaired) electrons. The van der Waals surface area contributed by atoms with Crippen LogP contribution in [0.25, 0.3) is 15.9 Å². The molecule has 0 saturated heterocycles. The number of thiazole rings is 1. The van der Waals surface area contributed by atoms with Crippen LogP contribution in [0.2, 0.25) is 15.1 Å². The minimum atomic E-state index is -1.06. The smallest absolute Gasteiger partial charge is 0.350 e. The van der Waals surface area contributed by atoms with Gasteiger partial charge >= 0.3 is 16.5 Å². The summed E-state index contributed by atoms with van der Waals surface area (Å²) in [7, 11) is 0. The Balaban J connectivity index is 0.000000186. The minimum Gasteiger partial charge on any atom is -0.480 e. The number of aromatic nitrogens is 4. The molecule has 9 nitrogen and oxygen atoms in total. The van der Waals surface area contributed by atoms with Crippen molar-refractivity contribution in [3.05, 3.63) is 71.4 Å². The van der Waals surface area contributed by atoms with Crippen molar-refractivity contribution in [3.8, 4) is 23.8 Å². The highest BCUT2D eigenvalue weighted by Crippen LogP contribution is 2.32. The van der Waals surface area contributed by atoms with Crippen LogP contribution in [0.1, 0.15) is 18.7 Å². The van der Waals surface area contributed by atoms with Crippen LogP contribution in [0, 0.1) is 12.3 Å². The molecule has 1 N–H and O–H groups in total. The first-order valence-corrected chi connectivity index (χ1v) is 12.9. The first-order valence-electron chi connectivity index (χ1n) is 10.9. The molecule has 0 unspecified atom stereocenters. The number of halogens is 3. The summed E-state index contributed by atoms with van der Waals surface area (Å²) in [5.74, 6) is 2.45. The molecular formula is C24H19Cl3N4O5S. The Morgan fingerprint density at radius 1 is 1.16 bits per heavy atom. The third-order valence-corrected chi connectivity index (χ3v) is 7.29. The van der Waals surface area contributed by atoms with Crippen LogP contribution in [0.3, 0.4) is 0 Å². The van der Waals surface area contributed by atoms with Gasteiger partial charge in [0.15, 0.2) is 0 Å². The summed E-state index contributed by atoms with van der Waals surface area (Å²) in [5, 5.41) is 14.1. The van der Waals surface area contributed by atoms with E-state index in [1.807, 2.05) is 0 Å². The molecule has 0 bridgehead atoms. The predicted octanol–water partition coefficient (Wildman–Crippen LogP) is 4.49. The molecule has 1 aliphatic rings. The van der Waals surface area contributed by atoms with Crippen LogP contribution in [-0.4, -0.2) is 36.6 Å². The summed E-state index contributed by atoms with van der Waals surface area (Å²) in [6, 6.07) is 8.21. The molecule has 0 atom stereocenters. The number of carbonyl (C=O) groups is 1. The summed E-state index contributed by atoms with van der Waals surface area (Å²) in [5.41, 5.74) is 0.725. The van der Waals surface area contributed by atoms with Gasteiger partial charge < -0.3 is 9.84 Å². The maximum Gasteiger partial charge on any atom is 0.350 e. The van der Waals surface area contributed by atoms with Gasteiger partial charge in [-0.25, -0.2) is 4.79 Å². The Morgan fingerprint density at radius 3 is 2.65 bits per heavy atom. The zero-order chi connectivity index (χ0) is 26.7. The van der Waals surface area contributed by atoms with E-state index in [-0.39, 0.29) is 23.7 Å². The van der Waals surface area contributed by atoms with Crippen molar-refractivity contribution in [2.24, 2.45) is 0 Å². The number of rotatable bonds is 5. The molecule has 5 rings (SSSR count). The summed E-state index contributed by atoms with van der Waals surface area (Å²) in [6.45, 7) is 0.401. The zero-order valence-electron chi connectivity index (χ0n) is 19.1. The molecule has 2 aromatic heterocycles. The Kier molecular flexibility index (Phi) is 8.29. The van der Waals surface area contributed by atoms with Crippen molar-refractivity contribution in [2.75, 3.05) is 6.61 Å². The van der Waals surface area contributed by atoms with Gasteiger partial charge in [-0.05, 0) is 31.0 Å². The maximum atomic E-state index is 12.5. The Morgan fingerprint density at radius 2 is 1.95 bits per heavy atom. The van der Waals surface area contributed by atoms with E-state index in [1.165, 1.54) is 15.3 Å². The van der Waals surface area contributed by atoms with E-state index in [0.29, 0.717) is 43.3 Å². The average Bonchev–Trinajstić information content (AvgIpc) is 3.36. The number of carboxylic acids is 1. The summed E-state index contributed by atoms with van der Waals surface area (Å²) in [4.78, 5) is 34.2. The summed E-state index contributed by atoms with van der Waals surface area (Å²) in [6.07, 6.45) is 7.97. The standard InChI is InChI=1S/C15H13Cl2N3O2.C9H6ClNO3S/c1-2-7-22-13-9-12(10(16)8-11(13)17)20-15(21)19-6-4-3-5-14(19)18-20;10-5-2-1-3-6-8(5)11(4-7(12)13)9(14)15-6/h1,8-9H,3-7H2;1-3H,4H2,(H,12,13). The number of hydrogen-bond donors (Lipinski definition) is 1. The average molecular weight is 582 g/mol. The van der Waals surface area contributed by atoms with E-state index in [9.17, 15) is 14.4 Å². The molecule has 1 aliphatic heterocycles. The third kappa shape index (κ3) is 5.70. The SMILES string of the molecule is C#CCOc1cc(-n2nc3n(c2=O)CCCC3)c(Cl)cc1Cl.O=C(O)Cn1c(=O)sc2cccc(Cl)c21. The van der Waals surface area contributed by atoms with Gasteiger partial charge in [0.05, 0.1) is 31.0 Å². The van der Waals surface area contributed by atoms with E-state index < -0.39 is 5.97 Å². The Labute approximate surface area is 229 Å². The fourth-order valence-electron chi connectivity index (χ4n) is 3.83. The molecule has 13 heteroatoms. The number of carboxylic acid groups (broad SMARTS) is 1. The predicted molar refractivity (Wildman–Crippen MR) is 144 cm³/mol. The lowest BCUT2D eigenvalue weighted by atomic mass is 10.2.